The van der Waals surface area contributed by atoms with Crippen LogP contribution < -0.4 is 9.47 Å². The van der Waals surface area contributed by atoms with Crippen LogP contribution in [-0.2, 0) is 0 Å². The molecule has 0 unspecified atom stereocenters. The molecule has 2 aromatic carbocycles. The summed E-state index contributed by atoms with van der Waals surface area (Å²) in [6.45, 7) is 5.88. The minimum Gasteiger partial charge on any atom is -0.493 e. The zero-order valence-electron chi connectivity index (χ0n) is 14.0. The highest BCUT2D eigenvalue weighted by Gasteiger charge is 2.11. The number of carbonyl (C=O) groups is 1. The Morgan fingerprint density at radius 2 is 1.87 bits per heavy atom. The number of benzene rings is 2. The van der Waals surface area contributed by atoms with Gasteiger partial charge in [0.15, 0.2) is 17.3 Å². The predicted octanol–water partition coefficient (Wildman–Crippen LogP) is 4.69. The number of methoxy groups -OCH3 is 1. The summed E-state index contributed by atoms with van der Waals surface area (Å²) in [5, 5.41) is 0. The quantitative estimate of drug-likeness (QED) is 0.573. The monoisotopic (exact) mass is 310 g/mol. The summed E-state index contributed by atoms with van der Waals surface area (Å²) in [5.74, 6) is 1.27. The molecule has 0 aliphatic carbocycles. The minimum atomic E-state index is -0.0352. The zero-order valence-corrected chi connectivity index (χ0v) is 14.0. The van der Waals surface area contributed by atoms with Crippen molar-refractivity contribution in [3.63, 3.8) is 0 Å². The van der Waals surface area contributed by atoms with E-state index in [0.717, 1.165) is 11.1 Å². The van der Waals surface area contributed by atoms with E-state index in [-0.39, 0.29) is 11.9 Å². The normalized spacial score (nSPS) is 11.0. The van der Waals surface area contributed by atoms with Crippen molar-refractivity contribution in [3.8, 4) is 11.5 Å². The van der Waals surface area contributed by atoms with Gasteiger partial charge in [-0.25, -0.2) is 0 Å². The molecule has 0 fully saturated rings. The Morgan fingerprint density at radius 3 is 2.52 bits per heavy atom. The smallest absolute Gasteiger partial charge is 0.185 e. The number of rotatable bonds is 6. The maximum Gasteiger partial charge on any atom is 0.185 e. The van der Waals surface area contributed by atoms with E-state index in [2.05, 4.69) is 0 Å². The fourth-order valence-corrected chi connectivity index (χ4v) is 2.25. The number of allylic oxidation sites excluding steroid dienone is 1. The first-order valence-corrected chi connectivity index (χ1v) is 7.64. The summed E-state index contributed by atoms with van der Waals surface area (Å²) < 4.78 is 11.2. The Balaban J connectivity index is 2.30. The highest BCUT2D eigenvalue weighted by atomic mass is 16.5. The van der Waals surface area contributed by atoms with Crippen molar-refractivity contribution in [3.05, 3.63) is 65.2 Å². The van der Waals surface area contributed by atoms with Crippen LogP contribution in [0.3, 0.4) is 0 Å². The Hall–Kier alpha value is -2.55. The first-order chi connectivity index (χ1) is 11.0. The topological polar surface area (TPSA) is 35.5 Å². The number of aryl methyl sites for hydroxylation is 1. The predicted molar refractivity (Wildman–Crippen MR) is 93.3 cm³/mol. The van der Waals surface area contributed by atoms with Crippen molar-refractivity contribution in [2.45, 2.75) is 26.9 Å². The van der Waals surface area contributed by atoms with Gasteiger partial charge in [-0.1, -0.05) is 35.9 Å². The lowest BCUT2D eigenvalue weighted by atomic mass is 10.1. The largest absolute Gasteiger partial charge is 0.493 e. The van der Waals surface area contributed by atoms with Crippen LogP contribution in [0, 0.1) is 6.92 Å². The van der Waals surface area contributed by atoms with Crippen molar-refractivity contribution < 1.29 is 14.3 Å². The van der Waals surface area contributed by atoms with Gasteiger partial charge in [0.05, 0.1) is 13.2 Å². The molecule has 2 aromatic rings. The van der Waals surface area contributed by atoms with Gasteiger partial charge in [-0.05, 0) is 45.1 Å². The third kappa shape index (κ3) is 4.46. The molecule has 3 nitrogen and oxygen atoms in total. The van der Waals surface area contributed by atoms with Crippen LogP contribution >= 0.6 is 0 Å². The van der Waals surface area contributed by atoms with Gasteiger partial charge in [0.1, 0.15) is 0 Å². The van der Waals surface area contributed by atoms with Crippen LogP contribution in [0.5, 0.6) is 11.5 Å². The van der Waals surface area contributed by atoms with Crippen LogP contribution in [0.1, 0.15) is 35.3 Å². The molecule has 0 atom stereocenters. The van der Waals surface area contributed by atoms with E-state index in [9.17, 15) is 4.79 Å². The molecular weight excluding hydrogens is 288 g/mol. The summed E-state index contributed by atoms with van der Waals surface area (Å²) >= 11 is 0. The summed E-state index contributed by atoms with van der Waals surface area (Å²) in [7, 11) is 1.61. The lowest BCUT2D eigenvalue weighted by molar-refractivity contribution is 0.104. The summed E-state index contributed by atoms with van der Waals surface area (Å²) in [5.41, 5.74) is 2.56. The second-order valence-electron chi connectivity index (χ2n) is 5.61. The van der Waals surface area contributed by atoms with Gasteiger partial charge in [-0.15, -0.1) is 0 Å². The number of hydrogen-bond donors (Lipinski definition) is 0. The number of hydrogen-bond acceptors (Lipinski definition) is 3. The van der Waals surface area contributed by atoms with Gasteiger partial charge in [-0.2, -0.15) is 0 Å². The van der Waals surface area contributed by atoms with Gasteiger partial charge in [0.2, 0.25) is 0 Å². The van der Waals surface area contributed by atoms with Gasteiger partial charge >= 0.3 is 0 Å². The van der Waals surface area contributed by atoms with E-state index in [1.165, 1.54) is 0 Å². The number of ether oxygens (including phenoxy) is 2. The third-order valence-electron chi connectivity index (χ3n) is 3.30. The van der Waals surface area contributed by atoms with Crippen LogP contribution in [-0.4, -0.2) is 19.0 Å². The number of carbonyl (C=O) groups excluding carboxylic acids is 1. The van der Waals surface area contributed by atoms with Crippen molar-refractivity contribution in [1.29, 1.82) is 0 Å². The Bertz CT molecular complexity index is 715. The van der Waals surface area contributed by atoms with Gasteiger partial charge in [0, 0.05) is 11.1 Å². The first-order valence-electron chi connectivity index (χ1n) is 7.64. The maximum atomic E-state index is 12.3. The molecule has 23 heavy (non-hydrogen) atoms. The number of ketones is 1. The Morgan fingerprint density at radius 1 is 1.13 bits per heavy atom. The Labute approximate surface area is 137 Å². The highest BCUT2D eigenvalue weighted by molar-refractivity contribution is 6.07. The van der Waals surface area contributed by atoms with E-state index in [0.29, 0.717) is 17.1 Å². The highest BCUT2D eigenvalue weighted by Crippen LogP contribution is 2.32. The first kappa shape index (κ1) is 16.8. The van der Waals surface area contributed by atoms with Gasteiger partial charge in [-0.3, -0.25) is 4.79 Å². The molecule has 0 N–H and O–H groups in total. The van der Waals surface area contributed by atoms with E-state index in [1.54, 1.807) is 19.3 Å². The molecule has 0 amide bonds. The SMILES string of the molecule is COc1cccc(/C=C/C(=O)c2cccc(C)c2)c1OC(C)C. The molecule has 0 saturated heterocycles. The molecule has 120 valence electrons. The molecular formula is C20H22O3. The zero-order chi connectivity index (χ0) is 16.8. The average molecular weight is 310 g/mol. The molecule has 0 heterocycles. The molecule has 0 saturated carbocycles. The second kappa shape index (κ2) is 7.63. The molecule has 0 radical (unpaired) electrons. The maximum absolute atomic E-state index is 12.3. The van der Waals surface area contributed by atoms with Crippen molar-refractivity contribution in [2.24, 2.45) is 0 Å². The van der Waals surface area contributed by atoms with E-state index >= 15 is 0 Å². The molecule has 0 aromatic heterocycles. The lowest BCUT2D eigenvalue weighted by Gasteiger charge is -2.15. The Kier molecular flexibility index (Phi) is 5.58. The average Bonchev–Trinajstić information content (AvgIpc) is 2.53. The summed E-state index contributed by atoms with van der Waals surface area (Å²) in [6.07, 6.45) is 3.35. The van der Waals surface area contributed by atoms with Crippen LogP contribution in [0.15, 0.2) is 48.5 Å². The van der Waals surface area contributed by atoms with Crippen molar-refractivity contribution in [2.75, 3.05) is 7.11 Å². The van der Waals surface area contributed by atoms with Crippen LogP contribution in [0.2, 0.25) is 0 Å². The molecule has 0 aliphatic rings. The molecule has 2 rings (SSSR count). The van der Waals surface area contributed by atoms with E-state index < -0.39 is 0 Å². The van der Waals surface area contributed by atoms with E-state index in [1.807, 2.05) is 63.2 Å². The third-order valence-corrected chi connectivity index (χ3v) is 3.30. The molecule has 0 spiro atoms. The fraction of sp³-hybridized carbons (Fsp3) is 0.250. The molecule has 3 heteroatoms. The van der Waals surface area contributed by atoms with Crippen LogP contribution in [0.25, 0.3) is 6.08 Å². The van der Waals surface area contributed by atoms with Crippen molar-refractivity contribution >= 4 is 11.9 Å². The lowest BCUT2D eigenvalue weighted by Crippen LogP contribution is -2.08. The minimum absolute atomic E-state index is 0.0194. The standard InChI is InChI=1S/C20H22O3/c1-14(2)23-20-16(8-6-10-19(20)22-4)11-12-18(21)17-9-5-7-15(3)13-17/h5-14H,1-4H3/b12-11+. The molecule has 0 bridgehead atoms. The van der Waals surface area contributed by atoms with Gasteiger partial charge in [0.25, 0.3) is 0 Å². The van der Waals surface area contributed by atoms with Crippen molar-refractivity contribution in [1.82, 2.24) is 0 Å². The second-order valence-corrected chi connectivity index (χ2v) is 5.61. The van der Waals surface area contributed by atoms with Crippen LogP contribution in [0.4, 0.5) is 0 Å². The molecule has 0 aliphatic heterocycles. The summed E-state index contributed by atoms with van der Waals surface area (Å²) in [6, 6.07) is 13.2. The van der Waals surface area contributed by atoms with E-state index in [4.69, 9.17) is 9.47 Å². The fourth-order valence-electron chi connectivity index (χ4n) is 2.25. The summed E-state index contributed by atoms with van der Waals surface area (Å²) in [4.78, 5) is 12.3. The van der Waals surface area contributed by atoms with Gasteiger partial charge < -0.3 is 9.47 Å². The number of para-hydroxylation sites is 1.